The van der Waals surface area contributed by atoms with Crippen LogP contribution in [0.2, 0.25) is 0 Å². The molecule has 0 aliphatic heterocycles. The number of phenolic OH excluding ortho intramolecular Hbond substituents is 1. The summed E-state index contributed by atoms with van der Waals surface area (Å²) in [5.74, 6) is -0.129. The molecule has 0 saturated carbocycles. The zero-order chi connectivity index (χ0) is 12.3. The second-order valence-electron chi connectivity index (χ2n) is 3.03. The van der Waals surface area contributed by atoms with E-state index >= 15 is 0 Å². The molecule has 0 fully saturated rings. The van der Waals surface area contributed by atoms with Crippen LogP contribution in [0, 0.1) is 0 Å². The van der Waals surface area contributed by atoms with Crippen LogP contribution < -0.4 is 4.74 Å². The highest BCUT2D eigenvalue weighted by Gasteiger charge is 2.22. The molecule has 1 aromatic rings. The van der Waals surface area contributed by atoms with Crippen molar-refractivity contribution in [3.05, 3.63) is 23.8 Å². The summed E-state index contributed by atoms with van der Waals surface area (Å²) in [6.45, 7) is 1.96. The number of hydrogen-bond donors (Lipinski definition) is 3. The molecule has 0 radical (unpaired) electrons. The van der Waals surface area contributed by atoms with Crippen LogP contribution in [0.3, 0.4) is 0 Å². The molecule has 1 unspecified atom stereocenters. The molecule has 0 aliphatic rings. The van der Waals surface area contributed by atoms with Crippen LogP contribution in [0.1, 0.15) is 17.9 Å². The number of benzene rings is 1. The topological polar surface area (TPSA) is 104 Å². The van der Waals surface area contributed by atoms with E-state index in [1.807, 2.05) is 0 Å². The third kappa shape index (κ3) is 2.84. The van der Waals surface area contributed by atoms with E-state index in [0.29, 0.717) is 0 Å². The van der Waals surface area contributed by atoms with Crippen molar-refractivity contribution in [2.24, 2.45) is 0 Å². The Balaban J connectivity index is 3.12. The summed E-state index contributed by atoms with van der Waals surface area (Å²) < 4.78 is 35.0. The maximum Gasteiger partial charge on any atom is 0.296 e. The summed E-state index contributed by atoms with van der Waals surface area (Å²) in [7, 11) is -4.58. The van der Waals surface area contributed by atoms with Crippen molar-refractivity contribution >= 4 is 10.1 Å². The molecule has 0 aromatic heterocycles. The lowest BCUT2D eigenvalue weighted by molar-refractivity contribution is 0.237. The molecule has 90 valence electrons. The van der Waals surface area contributed by atoms with Crippen molar-refractivity contribution in [2.75, 3.05) is 6.61 Å². The second kappa shape index (κ2) is 4.69. The molecule has 7 heteroatoms. The molecule has 0 aliphatic carbocycles. The zero-order valence-electron chi connectivity index (χ0n) is 8.49. The van der Waals surface area contributed by atoms with Crippen molar-refractivity contribution in [3.63, 3.8) is 0 Å². The van der Waals surface area contributed by atoms with Gasteiger partial charge in [-0.2, -0.15) is 8.42 Å². The Bertz CT molecular complexity index is 467. The first-order chi connectivity index (χ1) is 7.36. The summed E-state index contributed by atoms with van der Waals surface area (Å²) in [5.41, 5.74) is -2.13. The van der Waals surface area contributed by atoms with Gasteiger partial charge in [-0.3, -0.25) is 4.55 Å². The molecule has 0 saturated heterocycles. The van der Waals surface area contributed by atoms with E-state index in [-0.39, 0.29) is 23.7 Å². The Labute approximate surface area is 92.9 Å². The van der Waals surface area contributed by atoms with E-state index in [4.69, 9.17) is 9.29 Å². The molecule has 0 bridgehead atoms. The van der Waals surface area contributed by atoms with Crippen molar-refractivity contribution in [3.8, 4) is 11.5 Å². The Hall–Kier alpha value is -1.31. The molecule has 0 amide bonds. The second-order valence-corrected chi connectivity index (χ2v) is 4.50. The first kappa shape index (κ1) is 12.8. The van der Waals surface area contributed by atoms with E-state index < -0.39 is 15.6 Å². The summed E-state index contributed by atoms with van der Waals surface area (Å²) in [4.78, 5) is 0. The van der Waals surface area contributed by atoms with Crippen molar-refractivity contribution in [1.29, 1.82) is 0 Å². The molecule has 1 rings (SSSR count). The maximum atomic E-state index is 10.7. The molecule has 3 N–H and O–H groups in total. The monoisotopic (exact) mass is 248 g/mol. The highest BCUT2D eigenvalue weighted by atomic mass is 32.2. The molecular weight excluding hydrogens is 236 g/mol. The number of hydrogen-bond acceptors (Lipinski definition) is 5. The highest BCUT2D eigenvalue weighted by Crippen LogP contribution is 2.30. The Morgan fingerprint density at radius 1 is 1.44 bits per heavy atom. The molecule has 6 nitrogen and oxygen atoms in total. The lowest BCUT2D eigenvalue weighted by Crippen LogP contribution is -2.11. The lowest BCUT2D eigenvalue weighted by Gasteiger charge is -2.11. The van der Waals surface area contributed by atoms with Gasteiger partial charge in [-0.25, -0.2) is 0 Å². The number of aromatic hydroxyl groups is 1. The number of aliphatic hydroxyl groups excluding tert-OH is 1. The average Bonchev–Trinajstić information content (AvgIpc) is 2.19. The Morgan fingerprint density at radius 2 is 2.06 bits per heavy atom. The van der Waals surface area contributed by atoms with Gasteiger partial charge in [0.05, 0.1) is 6.61 Å². The quantitative estimate of drug-likeness (QED) is 0.676. The van der Waals surface area contributed by atoms with Gasteiger partial charge < -0.3 is 14.9 Å². The van der Waals surface area contributed by atoms with Crippen LogP contribution in [0.25, 0.3) is 0 Å². The van der Waals surface area contributed by atoms with E-state index in [0.717, 1.165) is 6.07 Å². The van der Waals surface area contributed by atoms with Gasteiger partial charge in [-0.05, 0) is 19.1 Å². The Kier molecular flexibility index (Phi) is 3.74. The molecular formula is C9H12O6S. The molecule has 1 aromatic carbocycles. The summed E-state index contributed by atoms with van der Waals surface area (Å²) in [6.07, 6.45) is 0. The molecule has 1 atom stereocenters. The van der Waals surface area contributed by atoms with Crippen LogP contribution in [0.5, 0.6) is 11.5 Å². The first-order valence-electron chi connectivity index (χ1n) is 4.46. The van der Waals surface area contributed by atoms with Crippen LogP contribution in [0.4, 0.5) is 0 Å². The van der Waals surface area contributed by atoms with Gasteiger partial charge in [0, 0.05) is 5.56 Å². The SMILES string of the molecule is CCOc1cc(C(O)S(=O)(=O)O)ccc1O. The third-order valence-electron chi connectivity index (χ3n) is 1.85. The molecule has 0 heterocycles. The number of ether oxygens (including phenoxy) is 1. The predicted octanol–water partition coefficient (Wildman–Crippen LogP) is 0.670. The third-order valence-corrected chi connectivity index (χ3v) is 2.69. The minimum absolute atomic E-state index is 0.0442. The van der Waals surface area contributed by atoms with E-state index in [1.165, 1.54) is 12.1 Å². The van der Waals surface area contributed by atoms with Crippen LogP contribution in [0.15, 0.2) is 18.2 Å². The smallest absolute Gasteiger partial charge is 0.296 e. The number of phenols is 1. The normalized spacial score (nSPS) is 13.4. The van der Waals surface area contributed by atoms with Crippen LogP contribution in [-0.4, -0.2) is 29.8 Å². The van der Waals surface area contributed by atoms with Gasteiger partial charge in [0.15, 0.2) is 11.5 Å². The predicted molar refractivity (Wildman–Crippen MR) is 55.8 cm³/mol. The van der Waals surface area contributed by atoms with E-state index in [9.17, 15) is 18.6 Å². The minimum Gasteiger partial charge on any atom is -0.504 e. The van der Waals surface area contributed by atoms with Gasteiger partial charge in [0.25, 0.3) is 10.1 Å². The van der Waals surface area contributed by atoms with E-state index in [2.05, 4.69) is 0 Å². The lowest BCUT2D eigenvalue weighted by atomic mass is 10.2. The number of rotatable bonds is 4. The van der Waals surface area contributed by atoms with Crippen molar-refractivity contribution < 1.29 is 27.9 Å². The van der Waals surface area contributed by atoms with Crippen molar-refractivity contribution in [1.82, 2.24) is 0 Å². The largest absolute Gasteiger partial charge is 0.504 e. The van der Waals surface area contributed by atoms with E-state index in [1.54, 1.807) is 6.92 Å². The fourth-order valence-corrected chi connectivity index (χ4v) is 1.62. The highest BCUT2D eigenvalue weighted by molar-refractivity contribution is 7.85. The fraction of sp³-hybridized carbons (Fsp3) is 0.333. The van der Waals surface area contributed by atoms with Crippen LogP contribution in [-0.2, 0) is 10.1 Å². The summed E-state index contributed by atoms with van der Waals surface area (Å²) in [6, 6.07) is 3.50. The van der Waals surface area contributed by atoms with Gasteiger partial charge >= 0.3 is 0 Å². The van der Waals surface area contributed by atoms with Crippen LogP contribution >= 0.6 is 0 Å². The summed E-state index contributed by atoms with van der Waals surface area (Å²) in [5, 5.41) is 18.6. The van der Waals surface area contributed by atoms with Crippen molar-refractivity contribution in [2.45, 2.75) is 12.4 Å². The maximum absolute atomic E-state index is 10.7. The Morgan fingerprint density at radius 3 is 2.56 bits per heavy atom. The first-order valence-corrected chi connectivity index (χ1v) is 5.96. The molecule has 16 heavy (non-hydrogen) atoms. The van der Waals surface area contributed by atoms with Gasteiger partial charge in [-0.15, -0.1) is 0 Å². The fourth-order valence-electron chi connectivity index (χ4n) is 1.13. The van der Waals surface area contributed by atoms with Gasteiger partial charge in [-0.1, -0.05) is 6.07 Å². The minimum atomic E-state index is -4.58. The standard InChI is InChI=1S/C9H12O6S/c1-2-15-8-5-6(3-4-7(8)10)9(11)16(12,13)14/h3-5,9-11H,2H2,1H3,(H,12,13,14). The van der Waals surface area contributed by atoms with Gasteiger partial charge in [0.2, 0.25) is 5.44 Å². The average molecular weight is 248 g/mol. The van der Waals surface area contributed by atoms with Gasteiger partial charge in [0.1, 0.15) is 0 Å². The zero-order valence-corrected chi connectivity index (χ0v) is 9.31. The summed E-state index contributed by atoms with van der Waals surface area (Å²) >= 11 is 0. The molecule has 0 spiro atoms. The number of aliphatic hydroxyl groups is 1.